The molecule has 0 radical (unpaired) electrons. The number of halogens is 2. The van der Waals surface area contributed by atoms with Crippen molar-refractivity contribution in [2.75, 3.05) is 17.2 Å². The molecule has 9 nitrogen and oxygen atoms in total. The Morgan fingerprint density at radius 1 is 1.28 bits per heavy atom. The van der Waals surface area contributed by atoms with Crippen LogP contribution >= 0.6 is 15.9 Å². The molecule has 0 unspecified atom stereocenters. The van der Waals surface area contributed by atoms with Gasteiger partial charge in [0, 0.05) is 5.69 Å². The average molecular weight is 464 g/mol. The van der Waals surface area contributed by atoms with Crippen LogP contribution in [0.4, 0.5) is 15.9 Å². The monoisotopic (exact) mass is 463 g/mol. The molecule has 0 bridgehead atoms. The molecule has 0 aliphatic rings. The fourth-order valence-electron chi connectivity index (χ4n) is 2.30. The first-order valence-electron chi connectivity index (χ1n) is 8.23. The molecule has 3 aromatic rings. The third kappa shape index (κ3) is 5.08. The van der Waals surface area contributed by atoms with E-state index in [1.54, 1.807) is 12.1 Å². The number of amidine groups is 1. The maximum Gasteiger partial charge on any atom is 0.263 e. The number of nitrogens with zero attached hydrogens (tertiary/aromatic N) is 3. The molecule has 0 spiro atoms. The van der Waals surface area contributed by atoms with Crippen molar-refractivity contribution in [2.24, 2.45) is 5.16 Å². The quantitative estimate of drug-likeness (QED) is 0.221. The van der Waals surface area contributed by atoms with Gasteiger partial charge in [0.2, 0.25) is 11.7 Å². The van der Waals surface area contributed by atoms with Crippen LogP contribution in [0.1, 0.15) is 11.3 Å². The second-order valence-corrected chi connectivity index (χ2v) is 6.62. The van der Waals surface area contributed by atoms with E-state index in [1.807, 2.05) is 19.1 Å². The van der Waals surface area contributed by atoms with Crippen LogP contribution in [0.3, 0.4) is 0 Å². The van der Waals surface area contributed by atoms with Crippen molar-refractivity contribution in [2.45, 2.75) is 6.92 Å². The van der Waals surface area contributed by atoms with Crippen LogP contribution in [-0.4, -0.2) is 33.9 Å². The third-order valence-electron chi connectivity index (χ3n) is 3.71. The number of hydrogen-bond acceptors (Lipinski definition) is 7. The third-order valence-corrected chi connectivity index (χ3v) is 4.31. The van der Waals surface area contributed by atoms with Crippen molar-refractivity contribution in [3.8, 4) is 5.75 Å². The number of aromatic nitrogens is 2. The summed E-state index contributed by atoms with van der Waals surface area (Å²) < 4.78 is 23.7. The number of carbonyl (C=O) groups is 1. The summed E-state index contributed by atoms with van der Waals surface area (Å²) in [6.07, 6.45) is 0. The summed E-state index contributed by atoms with van der Waals surface area (Å²) >= 11 is 3.06. The lowest BCUT2D eigenvalue weighted by Gasteiger charge is -2.09. The van der Waals surface area contributed by atoms with E-state index in [-0.39, 0.29) is 28.4 Å². The van der Waals surface area contributed by atoms with E-state index in [0.717, 1.165) is 5.56 Å². The number of rotatable bonds is 6. The molecule has 1 aromatic heterocycles. The lowest BCUT2D eigenvalue weighted by Crippen LogP contribution is -2.23. The van der Waals surface area contributed by atoms with Crippen LogP contribution in [0.2, 0.25) is 0 Å². The first kappa shape index (κ1) is 20.3. The van der Waals surface area contributed by atoms with E-state index in [4.69, 9.17) is 4.74 Å². The van der Waals surface area contributed by atoms with E-state index in [2.05, 4.69) is 46.7 Å². The minimum atomic E-state index is -0.521. The van der Waals surface area contributed by atoms with Crippen molar-refractivity contribution in [1.82, 2.24) is 10.3 Å². The van der Waals surface area contributed by atoms with Gasteiger partial charge in [0.15, 0.2) is 12.3 Å². The van der Waals surface area contributed by atoms with Crippen LogP contribution in [0.25, 0.3) is 0 Å². The van der Waals surface area contributed by atoms with E-state index in [1.165, 1.54) is 18.2 Å². The Hall–Kier alpha value is -3.47. The number of para-hydroxylation sites is 1. The zero-order chi connectivity index (χ0) is 20.8. The van der Waals surface area contributed by atoms with Gasteiger partial charge >= 0.3 is 0 Å². The van der Waals surface area contributed by atoms with Crippen LogP contribution in [0.5, 0.6) is 5.75 Å². The molecule has 3 rings (SSSR count). The van der Waals surface area contributed by atoms with Crippen LogP contribution in [-0.2, 0) is 4.79 Å². The summed E-state index contributed by atoms with van der Waals surface area (Å²) in [5, 5.41) is 24.8. The highest BCUT2D eigenvalue weighted by Crippen LogP contribution is 2.21. The second-order valence-electron chi connectivity index (χ2n) is 5.77. The van der Waals surface area contributed by atoms with Crippen molar-refractivity contribution in [3.63, 3.8) is 0 Å². The fourth-order valence-corrected chi connectivity index (χ4v) is 2.68. The molecule has 0 saturated carbocycles. The zero-order valence-electron chi connectivity index (χ0n) is 15.0. The van der Waals surface area contributed by atoms with Gasteiger partial charge in [-0.05, 0) is 63.0 Å². The molecule has 11 heteroatoms. The van der Waals surface area contributed by atoms with E-state index >= 15 is 0 Å². The van der Waals surface area contributed by atoms with Crippen LogP contribution in [0, 0.1) is 12.7 Å². The Labute approximate surface area is 172 Å². The topological polar surface area (TPSA) is 122 Å². The average Bonchev–Trinajstić information content (AvgIpc) is 3.16. The SMILES string of the molecule is Cc1ccccc1OCC(=O)Nc1nonc1C(=NO)Nc1ccc(F)c(Br)c1. The Morgan fingerprint density at radius 2 is 2.07 bits per heavy atom. The van der Waals surface area contributed by atoms with Gasteiger partial charge in [-0.25, -0.2) is 9.02 Å². The number of ether oxygens (including phenoxy) is 1. The van der Waals surface area contributed by atoms with E-state index < -0.39 is 11.7 Å². The van der Waals surface area contributed by atoms with Gasteiger partial charge in [0.25, 0.3) is 5.91 Å². The van der Waals surface area contributed by atoms with Gasteiger partial charge < -0.3 is 20.6 Å². The van der Waals surface area contributed by atoms with Crippen molar-refractivity contribution in [3.05, 3.63) is 64.0 Å². The lowest BCUT2D eigenvalue weighted by atomic mass is 10.2. The van der Waals surface area contributed by atoms with Gasteiger partial charge in [0.1, 0.15) is 11.6 Å². The number of oxime groups is 1. The highest BCUT2D eigenvalue weighted by Gasteiger charge is 2.20. The Bertz CT molecular complexity index is 1060. The smallest absolute Gasteiger partial charge is 0.263 e. The van der Waals surface area contributed by atoms with Crippen LogP contribution < -0.4 is 15.4 Å². The highest BCUT2D eigenvalue weighted by molar-refractivity contribution is 9.10. The molecular weight excluding hydrogens is 449 g/mol. The van der Waals surface area contributed by atoms with Gasteiger partial charge in [-0.15, -0.1) is 0 Å². The predicted octanol–water partition coefficient (Wildman–Crippen LogP) is 3.55. The summed E-state index contributed by atoms with van der Waals surface area (Å²) in [6, 6.07) is 11.3. The molecule has 0 fully saturated rings. The first-order valence-corrected chi connectivity index (χ1v) is 9.02. The summed E-state index contributed by atoms with van der Waals surface area (Å²) in [4.78, 5) is 12.2. The predicted molar refractivity (Wildman–Crippen MR) is 106 cm³/mol. The normalized spacial score (nSPS) is 11.2. The largest absolute Gasteiger partial charge is 0.483 e. The Kier molecular flexibility index (Phi) is 6.39. The van der Waals surface area contributed by atoms with E-state index in [0.29, 0.717) is 11.4 Å². The van der Waals surface area contributed by atoms with Crippen molar-refractivity contribution in [1.29, 1.82) is 0 Å². The van der Waals surface area contributed by atoms with Crippen molar-refractivity contribution >= 4 is 39.2 Å². The summed E-state index contributed by atoms with van der Waals surface area (Å²) in [6.45, 7) is 1.58. The molecule has 0 atom stereocenters. The summed E-state index contributed by atoms with van der Waals surface area (Å²) in [5.74, 6) is -0.651. The summed E-state index contributed by atoms with van der Waals surface area (Å²) in [7, 11) is 0. The van der Waals surface area contributed by atoms with Crippen LogP contribution in [0.15, 0.2) is 56.7 Å². The highest BCUT2D eigenvalue weighted by atomic mass is 79.9. The zero-order valence-corrected chi connectivity index (χ0v) is 16.6. The molecule has 0 aliphatic carbocycles. The minimum absolute atomic E-state index is 0.0582. The minimum Gasteiger partial charge on any atom is -0.483 e. The van der Waals surface area contributed by atoms with E-state index in [9.17, 15) is 14.4 Å². The number of nitrogens with one attached hydrogen (secondary N) is 2. The number of hydrogen-bond donors (Lipinski definition) is 3. The molecule has 0 aliphatic heterocycles. The summed E-state index contributed by atoms with van der Waals surface area (Å²) in [5.41, 5.74) is 1.22. The molecule has 1 heterocycles. The number of anilines is 2. The van der Waals surface area contributed by atoms with Gasteiger partial charge in [-0.1, -0.05) is 23.4 Å². The number of aryl methyl sites for hydroxylation is 1. The molecule has 150 valence electrons. The number of carbonyl (C=O) groups excluding carboxylic acids is 1. The molecule has 29 heavy (non-hydrogen) atoms. The van der Waals surface area contributed by atoms with Crippen molar-refractivity contribution < 1.29 is 23.8 Å². The maximum absolute atomic E-state index is 13.4. The first-order chi connectivity index (χ1) is 14.0. The Morgan fingerprint density at radius 3 is 2.79 bits per heavy atom. The number of amides is 1. The maximum atomic E-state index is 13.4. The molecular formula is C18H15BrFN5O4. The Balaban J connectivity index is 1.68. The van der Waals surface area contributed by atoms with Gasteiger partial charge in [-0.2, -0.15) is 0 Å². The van der Waals surface area contributed by atoms with Gasteiger partial charge in [-0.3, -0.25) is 4.79 Å². The molecule has 1 amide bonds. The number of benzene rings is 2. The van der Waals surface area contributed by atoms with Gasteiger partial charge in [0.05, 0.1) is 4.47 Å². The standard InChI is InChI=1S/C18H15BrFN5O4/c1-10-4-2-3-5-14(10)28-9-15(26)22-18-16(24-29-25-18)17(23-27)21-11-6-7-13(20)12(19)8-11/h2-8,27H,9H2,1H3,(H,21,23)(H,22,25,26). The fraction of sp³-hybridized carbons (Fsp3) is 0.111. The lowest BCUT2D eigenvalue weighted by molar-refractivity contribution is -0.118. The second kappa shape index (κ2) is 9.15. The molecule has 3 N–H and O–H groups in total. The molecule has 0 saturated heterocycles. The molecule has 2 aromatic carbocycles.